The molecule has 1 atom stereocenters. The maximum Gasteiger partial charge on any atom is 0.240 e. The average molecular weight is 901 g/mol. The van der Waals surface area contributed by atoms with Crippen molar-refractivity contribution in [3.05, 3.63) is 89.5 Å². The fourth-order valence-electron chi connectivity index (χ4n) is 4.57. The van der Waals surface area contributed by atoms with E-state index in [0.717, 1.165) is 11.1 Å². The van der Waals surface area contributed by atoms with Crippen LogP contribution in [-0.2, 0) is 45.3 Å². The molecular weight excluding hydrogens is 821 g/mol. The molecule has 0 fully saturated rings. The van der Waals surface area contributed by atoms with Gasteiger partial charge < -0.3 is 14.4 Å². The number of carbonyl (C=O) groups is 1. The van der Waals surface area contributed by atoms with E-state index >= 15 is 0 Å². The molecule has 3 rings (SSSR count). The second-order valence-corrected chi connectivity index (χ2v) is 18.4. The zero-order valence-electron chi connectivity index (χ0n) is 39.7. The molecule has 3 aromatic carbocycles. The van der Waals surface area contributed by atoms with Gasteiger partial charge in [-0.05, 0) is 84.9 Å². The number of nitrogens with zero attached hydrogens (tertiary/aromatic N) is 1. The van der Waals surface area contributed by atoms with Gasteiger partial charge in [-0.2, -0.15) is 0 Å². The molecule has 0 aliphatic heterocycles. The minimum atomic E-state index is -3.56. The number of sulfonamides is 2. The smallest absolute Gasteiger partial charge is 0.240 e. The largest absolute Gasteiger partial charge is 0.383 e. The Morgan fingerprint density at radius 3 is 1.30 bits per heavy atom. The molecule has 0 saturated carbocycles. The molecule has 0 spiro atoms. The van der Waals surface area contributed by atoms with Gasteiger partial charge in [0, 0.05) is 33.7 Å². The normalized spacial score (nSPS) is 11.4. The van der Waals surface area contributed by atoms with Crippen molar-refractivity contribution >= 4 is 36.9 Å². The SMILES string of the molecule is CC.CC.CC.CC(C)c1ccc(S(=O)(=O)NCCN(C)C)cc1.CCC(=O)NS(=O)c1ccc(C(C)C)cc1.COCC(COC)NS(=O)(=O)c1ccc(C(C)C)cc1. The number of hydrogen-bond donors (Lipinski definition) is 3. The summed E-state index contributed by atoms with van der Waals surface area (Å²) in [4.78, 5) is 14.2. The maximum atomic E-state index is 12.3. The molecule has 15 heteroatoms. The molecule has 12 nitrogen and oxygen atoms in total. The molecule has 0 saturated heterocycles. The quantitative estimate of drug-likeness (QED) is 0.113. The van der Waals surface area contributed by atoms with Crippen molar-refractivity contribution < 1.29 is 35.3 Å². The summed E-state index contributed by atoms with van der Waals surface area (Å²) < 4.78 is 77.7. The van der Waals surface area contributed by atoms with E-state index in [2.05, 4.69) is 55.7 Å². The van der Waals surface area contributed by atoms with Gasteiger partial charge in [0.25, 0.3) is 0 Å². The third-order valence-corrected chi connectivity index (χ3v) is 12.0. The maximum absolute atomic E-state index is 12.3. The van der Waals surface area contributed by atoms with Crippen LogP contribution in [0.5, 0.6) is 0 Å². The lowest BCUT2D eigenvalue weighted by molar-refractivity contribution is -0.118. The van der Waals surface area contributed by atoms with Crippen molar-refractivity contribution in [3.63, 3.8) is 0 Å². The van der Waals surface area contributed by atoms with Crippen LogP contribution in [0.15, 0.2) is 87.5 Å². The number of amides is 1. The zero-order chi connectivity index (χ0) is 47.1. The lowest BCUT2D eigenvalue weighted by Crippen LogP contribution is -2.41. The van der Waals surface area contributed by atoms with E-state index in [1.165, 1.54) is 19.8 Å². The predicted octanol–water partition coefficient (Wildman–Crippen LogP) is 8.84. The van der Waals surface area contributed by atoms with Crippen molar-refractivity contribution in [1.82, 2.24) is 19.1 Å². The molecule has 0 radical (unpaired) electrons. The zero-order valence-corrected chi connectivity index (χ0v) is 42.2. The first kappa shape index (κ1) is 61.3. The highest BCUT2D eigenvalue weighted by Crippen LogP contribution is 2.19. The molecular formula is C45H80N4O8S3. The van der Waals surface area contributed by atoms with Crippen molar-refractivity contribution in [2.75, 3.05) is 54.6 Å². The van der Waals surface area contributed by atoms with Crippen LogP contribution < -0.4 is 14.2 Å². The highest BCUT2D eigenvalue weighted by molar-refractivity contribution is 7.89. The Hall–Kier alpha value is -3.02. The van der Waals surface area contributed by atoms with Crippen LogP contribution in [0, 0.1) is 0 Å². The lowest BCUT2D eigenvalue weighted by Gasteiger charge is -2.17. The molecule has 0 aromatic heterocycles. The van der Waals surface area contributed by atoms with Gasteiger partial charge in [-0.25, -0.2) is 30.5 Å². The van der Waals surface area contributed by atoms with Crippen LogP contribution in [0.3, 0.4) is 0 Å². The van der Waals surface area contributed by atoms with Gasteiger partial charge in [0.1, 0.15) is 0 Å². The fraction of sp³-hybridized carbons (Fsp3) is 0.578. The molecule has 3 N–H and O–H groups in total. The van der Waals surface area contributed by atoms with Crippen LogP contribution in [0.4, 0.5) is 0 Å². The fourth-order valence-corrected chi connectivity index (χ4v) is 7.65. The van der Waals surface area contributed by atoms with Gasteiger partial charge in [0.2, 0.25) is 26.0 Å². The Morgan fingerprint density at radius 2 is 0.983 bits per heavy atom. The average Bonchev–Trinajstić information content (AvgIpc) is 3.23. The van der Waals surface area contributed by atoms with Crippen LogP contribution >= 0.6 is 0 Å². The van der Waals surface area contributed by atoms with E-state index in [4.69, 9.17) is 9.47 Å². The van der Waals surface area contributed by atoms with Crippen molar-refractivity contribution in [2.45, 2.75) is 135 Å². The molecule has 0 heterocycles. The molecule has 1 amide bonds. The predicted molar refractivity (Wildman–Crippen MR) is 252 cm³/mol. The van der Waals surface area contributed by atoms with Crippen LogP contribution in [0.2, 0.25) is 0 Å². The first-order chi connectivity index (χ1) is 28.3. The van der Waals surface area contributed by atoms with E-state index in [1.807, 2.05) is 96.9 Å². The highest BCUT2D eigenvalue weighted by Gasteiger charge is 2.20. The summed E-state index contributed by atoms with van der Waals surface area (Å²) >= 11 is 0. The van der Waals surface area contributed by atoms with E-state index in [1.54, 1.807) is 43.3 Å². The van der Waals surface area contributed by atoms with E-state index in [9.17, 15) is 25.8 Å². The number of benzene rings is 3. The monoisotopic (exact) mass is 901 g/mol. The highest BCUT2D eigenvalue weighted by atomic mass is 32.2. The molecule has 346 valence electrons. The van der Waals surface area contributed by atoms with Gasteiger partial charge in [0.15, 0.2) is 11.0 Å². The van der Waals surface area contributed by atoms with Gasteiger partial charge in [-0.15, -0.1) is 0 Å². The summed E-state index contributed by atoms with van der Waals surface area (Å²) in [6.45, 7) is 27.9. The third kappa shape index (κ3) is 25.7. The first-order valence-corrected chi connectivity index (χ1v) is 25.0. The number of ether oxygens (including phenoxy) is 2. The summed E-state index contributed by atoms with van der Waals surface area (Å²) in [7, 11) is -1.50. The van der Waals surface area contributed by atoms with Crippen molar-refractivity contribution in [1.29, 1.82) is 0 Å². The number of carbonyl (C=O) groups excluding carboxylic acids is 1. The summed E-state index contributed by atoms with van der Waals surface area (Å²) in [5.74, 6) is 1.02. The lowest BCUT2D eigenvalue weighted by atomic mass is 10.0. The second-order valence-electron chi connectivity index (χ2n) is 13.7. The van der Waals surface area contributed by atoms with Gasteiger partial charge >= 0.3 is 0 Å². The van der Waals surface area contributed by atoms with Crippen molar-refractivity contribution in [2.24, 2.45) is 0 Å². The van der Waals surface area contributed by atoms with Crippen LogP contribution in [0.1, 0.15) is 131 Å². The van der Waals surface area contributed by atoms with E-state index in [0.29, 0.717) is 47.1 Å². The molecule has 1 unspecified atom stereocenters. The van der Waals surface area contributed by atoms with Gasteiger partial charge in [-0.3, -0.25) is 9.52 Å². The summed E-state index contributed by atoms with van der Waals surface area (Å²) in [5, 5.41) is 0. The standard InChI is InChI=1S/C14H23NO4S.C13H22N2O2S.C12H17NO2S.3C2H6/c1-11(2)12-5-7-14(8-6-12)20(16,17)15-13(9-18-3)10-19-4;1-11(2)12-5-7-13(8-6-12)18(16,17)14-9-10-15(3)4;1-4-12(14)13-16(15)11-7-5-10(6-8-11)9(2)3;3*1-2/h5-8,11,13,15H,9-10H2,1-4H3;5-8,11,14H,9-10H2,1-4H3;5-9H,4H2,1-3H3,(H,13,14);3*1-2H3. The topological polar surface area (TPSA) is 160 Å². The number of likely N-dealkylation sites (N-methyl/N-ethyl adjacent to an activating group) is 1. The molecule has 0 bridgehead atoms. The molecule has 0 aliphatic carbocycles. The summed E-state index contributed by atoms with van der Waals surface area (Å²) in [6.07, 6.45) is 0.343. The second kappa shape index (κ2) is 34.6. The Kier molecular flexibility index (Phi) is 35.3. The molecule has 3 aromatic rings. The Morgan fingerprint density at radius 1 is 0.633 bits per heavy atom. The van der Waals surface area contributed by atoms with Crippen molar-refractivity contribution in [3.8, 4) is 0 Å². The minimum absolute atomic E-state index is 0.203. The Labute approximate surface area is 368 Å². The Balaban J connectivity index is -0.000000766. The van der Waals surface area contributed by atoms with Crippen LogP contribution in [-0.4, -0.2) is 92.5 Å². The van der Waals surface area contributed by atoms with Gasteiger partial charge in [0.05, 0.1) is 33.9 Å². The number of rotatable bonds is 18. The first-order valence-electron chi connectivity index (χ1n) is 20.9. The number of hydrogen-bond acceptors (Lipinski definition) is 9. The Bertz CT molecular complexity index is 1760. The van der Waals surface area contributed by atoms with E-state index in [-0.39, 0.29) is 24.0 Å². The summed E-state index contributed by atoms with van der Waals surface area (Å²) in [6, 6.07) is 21.0. The number of nitrogens with one attached hydrogen (secondary N) is 3. The van der Waals surface area contributed by atoms with Crippen LogP contribution in [0.25, 0.3) is 0 Å². The minimum Gasteiger partial charge on any atom is -0.383 e. The third-order valence-electron chi connectivity index (χ3n) is 7.91. The molecule has 60 heavy (non-hydrogen) atoms. The number of methoxy groups -OCH3 is 2. The summed E-state index contributed by atoms with van der Waals surface area (Å²) in [5.41, 5.74) is 3.44. The molecule has 0 aliphatic rings. The van der Waals surface area contributed by atoms with E-state index < -0.39 is 37.1 Å². The van der Waals surface area contributed by atoms with Gasteiger partial charge in [-0.1, -0.05) is 126 Å².